The maximum Gasteiger partial charge on any atom is 0.123 e. The lowest BCUT2D eigenvalue weighted by atomic mass is 10.0. The van der Waals surface area contributed by atoms with Crippen molar-refractivity contribution in [1.29, 1.82) is 0 Å². The van der Waals surface area contributed by atoms with Crippen molar-refractivity contribution in [2.45, 2.75) is 12.3 Å². The lowest BCUT2D eigenvalue weighted by Gasteiger charge is -2.12. The molecule has 0 heterocycles. The molecule has 0 saturated heterocycles. The molecule has 4 heteroatoms. The molecule has 0 aliphatic rings. The van der Waals surface area contributed by atoms with Gasteiger partial charge in [0, 0.05) is 0 Å². The van der Waals surface area contributed by atoms with E-state index in [1.165, 1.54) is 12.1 Å². The summed E-state index contributed by atoms with van der Waals surface area (Å²) in [5, 5.41) is 0.460. The molecule has 0 amide bonds. The van der Waals surface area contributed by atoms with Crippen molar-refractivity contribution in [2.24, 2.45) is 0 Å². The van der Waals surface area contributed by atoms with Crippen LogP contribution in [0.15, 0.2) is 36.4 Å². The Hall–Kier alpha value is -0.760. The van der Waals surface area contributed by atoms with Gasteiger partial charge in [-0.25, -0.2) is 4.39 Å². The van der Waals surface area contributed by atoms with Crippen molar-refractivity contribution in [3.8, 4) is 0 Å². The van der Waals surface area contributed by atoms with Crippen LogP contribution < -0.4 is 0 Å². The Balaban J connectivity index is 2.40. The highest BCUT2D eigenvalue weighted by Crippen LogP contribution is 2.33. The first-order valence-corrected chi connectivity index (χ1v) is 6.52. The van der Waals surface area contributed by atoms with Crippen LogP contribution in [0, 0.1) is 12.7 Å². The number of alkyl halides is 1. The van der Waals surface area contributed by atoms with Gasteiger partial charge in [-0.15, -0.1) is 11.6 Å². The van der Waals surface area contributed by atoms with Crippen LogP contribution in [-0.2, 0) is 0 Å². The van der Waals surface area contributed by atoms with Gasteiger partial charge in [-0.1, -0.05) is 35.3 Å². The number of rotatable bonds is 2. The summed E-state index contributed by atoms with van der Waals surface area (Å²) in [5.74, 6) is -0.296. The number of hydrogen-bond donors (Lipinski definition) is 0. The summed E-state index contributed by atoms with van der Waals surface area (Å²) >= 11 is 18.1. The normalized spacial score (nSPS) is 12.5. The fourth-order valence-corrected chi connectivity index (χ4v) is 2.34. The van der Waals surface area contributed by atoms with E-state index in [0.717, 1.165) is 11.1 Å². The van der Waals surface area contributed by atoms with E-state index in [9.17, 15) is 4.39 Å². The van der Waals surface area contributed by atoms with Crippen molar-refractivity contribution in [2.75, 3.05) is 0 Å². The van der Waals surface area contributed by atoms with Gasteiger partial charge in [0.25, 0.3) is 0 Å². The van der Waals surface area contributed by atoms with Crippen molar-refractivity contribution < 1.29 is 4.39 Å². The van der Waals surface area contributed by atoms with Gasteiger partial charge in [0.15, 0.2) is 0 Å². The quantitative estimate of drug-likeness (QED) is 0.618. The highest BCUT2D eigenvalue weighted by molar-refractivity contribution is 6.42. The molecular weight excluding hydrogens is 294 g/mol. The Labute approximate surface area is 120 Å². The second kappa shape index (κ2) is 5.48. The van der Waals surface area contributed by atoms with E-state index in [2.05, 4.69) is 0 Å². The summed E-state index contributed by atoms with van der Waals surface area (Å²) in [6, 6.07) is 9.90. The molecule has 0 bridgehead atoms. The molecule has 0 aromatic heterocycles. The summed E-state index contributed by atoms with van der Waals surface area (Å²) in [5.41, 5.74) is 2.32. The lowest BCUT2D eigenvalue weighted by Crippen LogP contribution is -1.95. The molecule has 0 saturated carbocycles. The predicted molar refractivity (Wildman–Crippen MR) is 75.3 cm³/mol. The van der Waals surface area contributed by atoms with Gasteiger partial charge in [-0.05, 0) is 47.9 Å². The van der Waals surface area contributed by atoms with Gasteiger partial charge in [-0.2, -0.15) is 0 Å². The van der Waals surface area contributed by atoms with Gasteiger partial charge >= 0.3 is 0 Å². The van der Waals surface area contributed by atoms with E-state index in [1.54, 1.807) is 18.2 Å². The van der Waals surface area contributed by atoms with E-state index in [4.69, 9.17) is 34.8 Å². The van der Waals surface area contributed by atoms with Crippen LogP contribution in [-0.4, -0.2) is 0 Å². The van der Waals surface area contributed by atoms with Crippen LogP contribution in [0.1, 0.15) is 22.1 Å². The molecule has 0 fully saturated rings. The van der Waals surface area contributed by atoms with Crippen molar-refractivity contribution in [3.05, 3.63) is 69.0 Å². The molecular formula is C14H10Cl3F. The van der Waals surface area contributed by atoms with Gasteiger partial charge in [0.1, 0.15) is 5.82 Å². The van der Waals surface area contributed by atoms with Gasteiger partial charge in [-0.3, -0.25) is 0 Å². The van der Waals surface area contributed by atoms with E-state index in [0.29, 0.717) is 15.6 Å². The summed E-state index contributed by atoms with van der Waals surface area (Å²) in [6.07, 6.45) is 0. The van der Waals surface area contributed by atoms with Gasteiger partial charge in [0.2, 0.25) is 0 Å². The minimum absolute atomic E-state index is 0.296. The Bertz CT molecular complexity index is 561. The molecule has 18 heavy (non-hydrogen) atoms. The number of halogens is 4. The molecule has 0 aliphatic heterocycles. The first kappa shape index (κ1) is 13.7. The molecule has 1 atom stereocenters. The molecule has 0 radical (unpaired) electrons. The minimum Gasteiger partial charge on any atom is -0.207 e. The highest BCUT2D eigenvalue weighted by atomic mass is 35.5. The molecule has 0 nitrogen and oxygen atoms in total. The zero-order valence-electron chi connectivity index (χ0n) is 9.55. The van der Waals surface area contributed by atoms with Crippen LogP contribution >= 0.6 is 34.8 Å². The number of benzene rings is 2. The predicted octanol–water partition coefficient (Wildman–Crippen LogP) is 5.77. The zero-order chi connectivity index (χ0) is 13.3. The fourth-order valence-electron chi connectivity index (χ4n) is 1.77. The molecule has 2 aromatic carbocycles. The Morgan fingerprint density at radius 1 is 0.944 bits per heavy atom. The van der Waals surface area contributed by atoms with E-state index in [1.807, 2.05) is 13.0 Å². The first-order chi connectivity index (χ1) is 8.47. The van der Waals surface area contributed by atoms with Crippen molar-refractivity contribution >= 4 is 34.8 Å². The Kier molecular flexibility index (Phi) is 4.16. The topological polar surface area (TPSA) is 0 Å². The van der Waals surface area contributed by atoms with Crippen LogP contribution in [0.25, 0.3) is 0 Å². The van der Waals surface area contributed by atoms with E-state index >= 15 is 0 Å². The zero-order valence-corrected chi connectivity index (χ0v) is 11.8. The number of aryl methyl sites for hydroxylation is 1. The molecule has 2 rings (SSSR count). The first-order valence-electron chi connectivity index (χ1n) is 5.33. The molecule has 0 aliphatic carbocycles. The molecule has 1 unspecified atom stereocenters. The van der Waals surface area contributed by atoms with Crippen molar-refractivity contribution in [1.82, 2.24) is 0 Å². The largest absolute Gasteiger partial charge is 0.207 e. The standard InChI is InChI=1S/C14H10Cl3F/c1-8-4-10(6-11(18)5-8)14(17)9-2-3-12(15)13(16)7-9/h2-7,14H,1H3. The lowest BCUT2D eigenvalue weighted by molar-refractivity contribution is 0.624. The SMILES string of the molecule is Cc1cc(F)cc(C(Cl)c2ccc(Cl)c(Cl)c2)c1. The highest BCUT2D eigenvalue weighted by Gasteiger charge is 2.13. The average molecular weight is 304 g/mol. The summed E-state index contributed by atoms with van der Waals surface area (Å²) in [4.78, 5) is 0. The smallest absolute Gasteiger partial charge is 0.123 e. The Morgan fingerprint density at radius 3 is 2.28 bits per heavy atom. The van der Waals surface area contributed by atoms with Crippen LogP contribution in [0.3, 0.4) is 0 Å². The van der Waals surface area contributed by atoms with E-state index in [-0.39, 0.29) is 5.82 Å². The van der Waals surface area contributed by atoms with Crippen molar-refractivity contribution in [3.63, 3.8) is 0 Å². The average Bonchev–Trinajstić information content (AvgIpc) is 2.30. The third-order valence-corrected chi connectivity index (χ3v) is 3.84. The third kappa shape index (κ3) is 2.97. The van der Waals surface area contributed by atoms with Crippen LogP contribution in [0.4, 0.5) is 4.39 Å². The summed E-state index contributed by atoms with van der Waals surface area (Å²) in [6.45, 7) is 1.82. The molecule has 2 aromatic rings. The second-order valence-corrected chi connectivity index (χ2v) is 5.35. The maximum absolute atomic E-state index is 13.3. The second-order valence-electron chi connectivity index (χ2n) is 4.10. The monoisotopic (exact) mass is 302 g/mol. The maximum atomic E-state index is 13.3. The minimum atomic E-state index is -0.450. The number of hydrogen-bond acceptors (Lipinski definition) is 0. The van der Waals surface area contributed by atoms with Gasteiger partial charge in [0.05, 0.1) is 15.4 Å². The summed E-state index contributed by atoms with van der Waals surface area (Å²) < 4.78 is 13.3. The molecule has 0 spiro atoms. The third-order valence-electron chi connectivity index (χ3n) is 2.59. The molecule has 0 N–H and O–H groups in total. The summed E-state index contributed by atoms with van der Waals surface area (Å²) in [7, 11) is 0. The Morgan fingerprint density at radius 2 is 1.67 bits per heavy atom. The fraction of sp³-hybridized carbons (Fsp3) is 0.143. The van der Waals surface area contributed by atoms with Gasteiger partial charge < -0.3 is 0 Å². The van der Waals surface area contributed by atoms with E-state index < -0.39 is 5.38 Å². The van der Waals surface area contributed by atoms with Crippen LogP contribution in [0.5, 0.6) is 0 Å². The van der Waals surface area contributed by atoms with Crippen LogP contribution in [0.2, 0.25) is 10.0 Å². The molecule has 94 valence electrons.